The van der Waals surface area contributed by atoms with Gasteiger partial charge in [0.05, 0.1) is 0 Å². The van der Waals surface area contributed by atoms with E-state index in [0.29, 0.717) is 0 Å². The van der Waals surface area contributed by atoms with E-state index in [9.17, 15) is 4.20 Å². The van der Waals surface area contributed by atoms with E-state index in [0.717, 1.165) is 0 Å². The van der Waals surface area contributed by atoms with Crippen LogP contribution in [-0.2, 0) is 4.57 Å². The van der Waals surface area contributed by atoms with Gasteiger partial charge in [-0.3, -0.25) is 0 Å². The molecule has 0 N–H and O–H groups in total. The molecule has 0 amide bonds. The molecule has 3 heteroatoms. The van der Waals surface area contributed by atoms with Crippen LogP contribution in [0.25, 0.3) is 0 Å². The summed E-state index contributed by atoms with van der Waals surface area (Å²) in [4.78, 5) is 0. The van der Waals surface area contributed by atoms with Crippen molar-refractivity contribution >= 4 is 14.0 Å². The average Bonchev–Trinajstić information content (AvgIpc) is 0.811. The molecule has 0 fully saturated rings. The summed E-state index contributed by atoms with van der Waals surface area (Å²) in [7, 11) is -2.62. The molecule has 0 aliphatic carbocycles. The quantitative estimate of drug-likeness (QED) is 0.398. The highest BCUT2D eigenvalue weighted by Gasteiger charge is 1.50. The second-order valence-electron chi connectivity index (χ2n) is 0.318. The van der Waals surface area contributed by atoms with Crippen LogP contribution in [0.4, 0.5) is 4.20 Å². The molecule has 0 spiro atoms. The molecule has 0 aliphatic heterocycles. The molecule has 1 nitrogen and oxygen atoms in total. The van der Waals surface area contributed by atoms with Gasteiger partial charge < -0.3 is 0 Å². The summed E-state index contributed by atoms with van der Waals surface area (Å²) >= 11 is 0. The molecule has 24 valence electrons. The minimum atomic E-state index is -2.62. The Labute approximate surface area is 24.0 Å². The van der Waals surface area contributed by atoms with Gasteiger partial charge in [0.15, 0.2) is 0 Å². The first-order valence-corrected chi connectivity index (χ1v) is 2.00. The molecule has 0 rings (SSSR count). The van der Waals surface area contributed by atoms with Gasteiger partial charge in [-0.2, -0.15) is 0 Å². The highest BCUT2D eigenvalue weighted by atomic mass is 31.1. The maximum atomic E-state index is 10.4. The Kier molecular flexibility index (Phi) is 1.21. The van der Waals surface area contributed by atoms with Crippen molar-refractivity contribution in [2.24, 2.45) is 0 Å². The van der Waals surface area contributed by atoms with Gasteiger partial charge >= 0.3 is 0 Å². The van der Waals surface area contributed by atoms with Crippen LogP contribution in [0.2, 0.25) is 0 Å². The molecule has 4 heavy (non-hydrogen) atoms. The van der Waals surface area contributed by atoms with Crippen LogP contribution in [0.3, 0.4) is 0 Å². The Bertz CT molecular complexity index is 56.4. The lowest BCUT2D eigenvalue weighted by Gasteiger charge is -1.36. The summed E-state index contributed by atoms with van der Waals surface area (Å²) in [6.45, 7) is 0. The average molecular weight is 80.0 g/mol. The first kappa shape index (κ1) is 3.90. The molecule has 0 radical (unpaired) electrons. The SMILES string of the molecule is C=P(=O)F. The third kappa shape index (κ3) is 154. The van der Waals surface area contributed by atoms with Crippen LogP contribution < -0.4 is 0 Å². The van der Waals surface area contributed by atoms with Crippen LogP contribution in [0.1, 0.15) is 0 Å². The second kappa shape index (κ2) is 1.24. The standard InChI is InChI=1S/CH2FOP/c1-4(2)3/h1H2. The molecular weight excluding hydrogens is 78.0 g/mol. The molecule has 0 saturated carbocycles. The summed E-state index contributed by atoms with van der Waals surface area (Å²) in [6.07, 6.45) is 2.48. The van der Waals surface area contributed by atoms with Gasteiger partial charge in [-0.1, -0.05) is 0 Å². The Morgan fingerprint density at radius 2 is 2.00 bits per heavy atom. The van der Waals surface area contributed by atoms with Gasteiger partial charge in [-0.25, -0.2) is 4.57 Å². The monoisotopic (exact) mass is 80.0 g/mol. The van der Waals surface area contributed by atoms with Crippen LogP contribution in [0.5, 0.6) is 0 Å². The number of rotatable bonds is 0. The third-order valence-corrected chi connectivity index (χ3v) is 0. The summed E-state index contributed by atoms with van der Waals surface area (Å²) < 4.78 is 19.2. The maximum Gasteiger partial charge on any atom is 0.274 e. The molecular formula is CH2FOP. The van der Waals surface area contributed by atoms with Crippen LogP contribution in [0.15, 0.2) is 0 Å². The van der Waals surface area contributed by atoms with Crippen molar-refractivity contribution in [1.82, 2.24) is 0 Å². The fraction of sp³-hybridized carbons (Fsp3) is 0. The zero-order valence-corrected chi connectivity index (χ0v) is 2.83. The van der Waals surface area contributed by atoms with E-state index in [1.54, 1.807) is 0 Å². The highest BCUT2D eigenvalue weighted by Crippen LogP contribution is 1.97. The Morgan fingerprint density at radius 1 is 2.00 bits per heavy atom. The van der Waals surface area contributed by atoms with Gasteiger partial charge in [0.1, 0.15) is 0 Å². The van der Waals surface area contributed by atoms with Crippen molar-refractivity contribution in [3.8, 4) is 0 Å². The van der Waals surface area contributed by atoms with E-state index in [-0.39, 0.29) is 0 Å². The van der Waals surface area contributed by atoms with Crippen LogP contribution in [-0.4, -0.2) is 6.30 Å². The van der Waals surface area contributed by atoms with Gasteiger partial charge in [-0.15, -0.1) is 4.20 Å². The van der Waals surface area contributed by atoms with E-state index in [1.165, 1.54) is 0 Å². The molecule has 0 saturated heterocycles. The topological polar surface area (TPSA) is 17.1 Å². The van der Waals surface area contributed by atoms with Crippen LogP contribution >= 0.6 is 7.74 Å². The van der Waals surface area contributed by atoms with Crippen molar-refractivity contribution in [2.45, 2.75) is 0 Å². The van der Waals surface area contributed by atoms with Gasteiger partial charge in [0.2, 0.25) is 0 Å². The van der Waals surface area contributed by atoms with Crippen molar-refractivity contribution in [3.05, 3.63) is 0 Å². The summed E-state index contributed by atoms with van der Waals surface area (Å²) in [5.41, 5.74) is 0. The number of hydrogen-bond donors (Lipinski definition) is 0. The zero-order valence-electron chi connectivity index (χ0n) is 1.94. The molecule has 0 aromatic rings. The Balaban J connectivity index is 3.51. The summed E-state index contributed by atoms with van der Waals surface area (Å²) in [5, 5.41) is 0. The van der Waals surface area contributed by atoms with Gasteiger partial charge in [0.25, 0.3) is 7.74 Å². The predicted molar refractivity (Wildman–Crippen MR) is 15.8 cm³/mol. The second-order valence-corrected chi connectivity index (χ2v) is 0.953. The molecule has 0 bridgehead atoms. The van der Waals surface area contributed by atoms with Crippen molar-refractivity contribution in [3.63, 3.8) is 0 Å². The normalized spacial score (nSPS) is 10.8. The number of halogens is 1. The lowest BCUT2D eigenvalue weighted by molar-refractivity contribution is 0.573. The van der Waals surface area contributed by atoms with Gasteiger partial charge in [-0.05, 0) is 6.30 Å². The summed E-state index contributed by atoms with van der Waals surface area (Å²) in [6, 6.07) is 0. The maximum absolute atomic E-state index is 10.4. The predicted octanol–water partition coefficient (Wildman–Crippen LogP) is 1.13. The summed E-state index contributed by atoms with van der Waals surface area (Å²) in [5.74, 6) is 0. The van der Waals surface area contributed by atoms with E-state index in [2.05, 4.69) is 6.30 Å². The minimum Gasteiger partial charge on any atom is -0.246 e. The van der Waals surface area contributed by atoms with Crippen molar-refractivity contribution in [2.75, 3.05) is 0 Å². The molecule has 0 aromatic heterocycles. The first-order chi connectivity index (χ1) is 1.73. The highest BCUT2D eigenvalue weighted by molar-refractivity contribution is 7.37. The smallest absolute Gasteiger partial charge is 0.246 e. The lowest BCUT2D eigenvalue weighted by Crippen LogP contribution is -1.03. The van der Waals surface area contributed by atoms with E-state index in [1.807, 2.05) is 0 Å². The Hall–Kier alpha value is -0.100. The third-order valence-electron chi connectivity index (χ3n) is 0. The first-order valence-electron chi connectivity index (χ1n) is 0.668. The van der Waals surface area contributed by atoms with Crippen molar-refractivity contribution < 1.29 is 8.76 Å². The molecule has 1 unspecified atom stereocenters. The van der Waals surface area contributed by atoms with Gasteiger partial charge in [0, 0.05) is 0 Å². The van der Waals surface area contributed by atoms with Crippen LogP contribution in [0, 0.1) is 0 Å². The lowest BCUT2D eigenvalue weighted by atomic mass is 12.0. The number of hydrogen-bond acceptors (Lipinski definition) is 1. The molecule has 1 atom stereocenters. The van der Waals surface area contributed by atoms with E-state index in [4.69, 9.17) is 4.57 Å². The largest absolute Gasteiger partial charge is 0.274 e. The molecule has 0 aromatic carbocycles. The fourth-order valence-corrected chi connectivity index (χ4v) is 0. The van der Waals surface area contributed by atoms with Crippen molar-refractivity contribution in [1.29, 1.82) is 0 Å². The molecule has 0 aliphatic rings. The zero-order chi connectivity index (χ0) is 3.58. The minimum absolute atomic E-state index is 2.48. The fourth-order valence-electron chi connectivity index (χ4n) is 0. The van der Waals surface area contributed by atoms with E-state index >= 15 is 0 Å². The Morgan fingerprint density at radius 3 is 2.00 bits per heavy atom. The molecule has 0 heterocycles. The van der Waals surface area contributed by atoms with E-state index < -0.39 is 7.74 Å².